The summed E-state index contributed by atoms with van der Waals surface area (Å²) in [5.41, 5.74) is 2.31. The molecule has 0 saturated heterocycles. The monoisotopic (exact) mass is 191 g/mol. The summed E-state index contributed by atoms with van der Waals surface area (Å²) in [5.74, 6) is 0.502. The Bertz CT molecular complexity index is 349. The Balaban J connectivity index is 2.27. The molecule has 1 N–H and O–H groups in total. The van der Waals surface area contributed by atoms with Crippen LogP contribution in [0.2, 0.25) is 0 Å². The fourth-order valence-electron chi connectivity index (χ4n) is 2.27. The van der Waals surface area contributed by atoms with Gasteiger partial charge in [0.25, 0.3) is 0 Å². The molecule has 3 heteroatoms. The smallest absolute Gasteiger partial charge is 0.233 e. The van der Waals surface area contributed by atoms with Gasteiger partial charge < -0.3 is 0 Å². The van der Waals surface area contributed by atoms with E-state index in [4.69, 9.17) is 5.26 Å². The van der Waals surface area contributed by atoms with Crippen molar-refractivity contribution >= 4 is 6.21 Å². The van der Waals surface area contributed by atoms with Crippen LogP contribution in [0.4, 0.5) is 0 Å². The fraction of sp³-hybridized carbons (Fsp3) is 0.636. The van der Waals surface area contributed by atoms with Crippen molar-refractivity contribution in [2.45, 2.75) is 32.6 Å². The van der Waals surface area contributed by atoms with E-state index in [0.29, 0.717) is 5.92 Å². The van der Waals surface area contributed by atoms with Crippen LogP contribution in [0.25, 0.3) is 0 Å². The molecule has 0 aromatic rings. The lowest BCUT2D eigenvalue weighted by molar-refractivity contribution is -0.740. The van der Waals surface area contributed by atoms with Crippen LogP contribution in [0, 0.1) is 23.2 Å². The molecule has 3 nitrogen and oxygen atoms in total. The molecule has 1 heterocycles. The Kier molecular flexibility index (Phi) is 2.28. The molecule has 0 aromatic carbocycles. The van der Waals surface area contributed by atoms with Crippen LogP contribution in [0.15, 0.2) is 11.3 Å². The summed E-state index contributed by atoms with van der Waals surface area (Å²) in [6.45, 7) is 2.20. The molecule has 2 aliphatic rings. The first-order valence-corrected chi connectivity index (χ1v) is 5.14. The summed E-state index contributed by atoms with van der Waals surface area (Å²) < 4.78 is 1.18. The van der Waals surface area contributed by atoms with E-state index in [1.54, 1.807) is 6.21 Å². The molecule has 1 aliphatic heterocycles. The van der Waals surface area contributed by atoms with Gasteiger partial charge in [0.2, 0.25) is 11.9 Å². The van der Waals surface area contributed by atoms with Crippen molar-refractivity contribution in [3.63, 3.8) is 0 Å². The highest BCUT2D eigenvalue weighted by Gasteiger charge is 2.33. The third kappa shape index (κ3) is 1.52. The van der Waals surface area contributed by atoms with Crippen molar-refractivity contribution in [3.05, 3.63) is 11.3 Å². The summed E-state index contributed by atoms with van der Waals surface area (Å²) in [4.78, 5) is 0. The van der Waals surface area contributed by atoms with E-state index in [0.717, 1.165) is 25.0 Å². The highest BCUT2D eigenvalue weighted by molar-refractivity contribution is 5.61. The summed E-state index contributed by atoms with van der Waals surface area (Å²) >= 11 is 0. The zero-order chi connectivity index (χ0) is 10.1. The van der Waals surface area contributed by atoms with E-state index in [1.807, 2.05) is 0 Å². The van der Waals surface area contributed by atoms with E-state index < -0.39 is 0 Å². The molecule has 2 rings (SSSR count). The maximum Gasteiger partial charge on any atom is 0.233 e. The second kappa shape index (κ2) is 3.45. The van der Waals surface area contributed by atoms with Gasteiger partial charge in [-0.15, -0.1) is 0 Å². The van der Waals surface area contributed by atoms with E-state index in [2.05, 4.69) is 13.0 Å². The molecule has 14 heavy (non-hydrogen) atoms. The number of rotatable bonds is 0. The zero-order valence-electron chi connectivity index (χ0n) is 8.40. The molecule has 2 unspecified atom stereocenters. The van der Waals surface area contributed by atoms with Crippen LogP contribution < -0.4 is 0 Å². The minimum Gasteiger partial charge on any atom is -0.285 e. The SMILES string of the molecule is CC1CCC2=C(C1)[N+](O)=CC(C#N)C2. The van der Waals surface area contributed by atoms with Gasteiger partial charge >= 0.3 is 0 Å². The van der Waals surface area contributed by atoms with Crippen molar-refractivity contribution in [1.29, 1.82) is 5.26 Å². The minimum atomic E-state index is -0.146. The van der Waals surface area contributed by atoms with E-state index in [9.17, 15) is 5.21 Å². The largest absolute Gasteiger partial charge is 0.285 e. The van der Waals surface area contributed by atoms with Gasteiger partial charge in [0.1, 0.15) is 5.92 Å². The minimum absolute atomic E-state index is 0.146. The van der Waals surface area contributed by atoms with Crippen molar-refractivity contribution < 1.29 is 9.95 Å². The molecule has 74 valence electrons. The number of hydroxylamine groups is 1. The van der Waals surface area contributed by atoms with Crippen LogP contribution in [0.1, 0.15) is 32.6 Å². The maximum atomic E-state index is 9.69. The summed E-state index contributed by atoms with van der Waals surface area (Å²) in [6.07, 6.45) is 5.61. The number of allylic oxidation sites excluding steroid dienone is 2. The average Bonchev–Trinajstić information content (AvgIpc) is 2.19. The van der Waals surface area contributed by atoms with Crippen LogP contribution >= 0.6 is 0 Å². The van der Waals surface area contributed by atoms with Crippen molar-refractivity contribution in [1.82, 2.24) is 0 Å². The van der Waals surface area contributed by atoms with Crippen LogP contribution in [-0.2, 0) is 0 Å². The van der Waals surface area contributed by atoms with Crippen molar-refractivity contribution in [2.24, 2.45) is 11.8 Å². The van der Waals surface area contributed by atoms with E-state index >= 15 is 0 Å². The lowest BCUT2D eigenvalue weighted by Crippen LogP contribution is -2.25. The topological polar surface area (TPSA) is 47.0 Å². The Morgan fingerprint density at radius 2 is 2.36 bits per heavy atom. The molecule has 1 aliphatic carbocycles. The number of nitrogens with zero attached hydrogens (tertiary/aromatic N) is 2. The first kappa shape index (κ1) is 9.26. The molecule has 0 spiro atoms. The molecule has 0 amide bonds. The number of hydrogen-bond acceptors (Lipinski definition) is 2. The average molecular weight is 191 g/mol. The standard InChI is InChI=1S/C11H15N2O/c1-8-2-3-10-5-9(6-12)7-13(14)11(10)4-8/h7-9,14H,2-5H2,1H3/q+1. The molecule has 0 radical (unpaired) electrons. The number of nitriles is 1. The molecule has 0 fully saturated rings. The predicted molar refractivity (Wildman–Crippen MR) is 51.9 cm³/mol. The summed E-state index contributed by atoms with van der Waals surface area (Å²) in [5, 5.41) is 18.5. The molecule has 0 saturated carbocycles. The quantitative estimate of drug-likeness (QED) is 0.470. The normalized spacial score (nSPS) is 31.9. The van der Waals surface area contributed by atoms with E-state index in [-0.39, 0.29) is 5.92 Å². The predicted octanol–water partition coefficient (Wildman–Crippen LogP) is 2.08. The first-order chi connectivity index (χ1) is 6.70. The van der Waals surface area contributed by atoms with Crippen LogP contribution in [0.3, 0.4) is 0 Å². The second-order valence-electron chi connectivity index (χ2n) is 4.33. The molecule has 0 bridgehead atoms. The first-order valence-electron chi connectivity index (χ1n) is 5.14. The Morgan fingerprint density at radius 1 is 1.57 bits per heavy atom. The maximum absolute atomic E-state index is 9.69. The van der Waals surface area contributed by atoms with Crippen molar-refractivity contribution in [3.8, 4) is 6.07 Å². The lowest BCUT2D eigenvalue weighted by atomic mass is 9.83. The van der Waals surface area contributed by atoms with Gasteiger partial charge in [-0.05, 0) is 18.8 Å². The van der Waals surface area contributed by atoms with Gasteiger partial charge in [-0.1, -0.05) is 6.92 Å². The second-order valence-corrected chi connectivity index (χ2v) is 4.33. The number of hydrogen-bond donors (Lipinski definition) is 1. The summed E-state index contributed by atoms with van der Waals surface area (Å²) in [7, 11) is 0. The Labute approximate surface area is 83.9 Å². The third-order valence-electron chi connectivity index (χ3n) is 3.12. The van der Waals surface area contributed by atoms with Crippen LogP contribution in [-0.4, -0.2) is 16.2 Å². The highest BCUT2D eigenvalue weighted by atomic mass is 16.5. The third-order valence-corrected chi connectivity index (χ3v) is 3.12. The highest BCUT2D eigenvalue weighted by Crippen LogP contribution is 2.34. The van der Waals surface area contributed by atoms with Crippen molar-refractivity contribution in [2.75, 3.05) is 0 Å². The Morgan fingerprint density at radius 3 is 3.07 bits per heavy atom. The molecule has 0 aromatic heterocycles. The van der Waals surface area contributed by atoms with E-state index in [1.165, 1.54) is 16.7 Å². The van der Waals surface area contributed by atoms with Crippen LogP contribution in [0.5, 0.6) is 0 Å². The fourth-order valence-corrected chi connectivity index (χ4v) is 2.27. The van der Waals surface area contributed by atoms with Gasteiger partial charge in [0, 0.05) is 23.2 Å². The summed E-state index contributed by atoms with van der Waals surface area (Å²) in [6, 6.07) is 2.19. The molecule has 2 atom stereocenters. The van der Waals surface area contributed by atoms with Gasteiger partial charge in [-0.25, -0.2) is 0 Å². The Hall–Kier alpha value is -1.30. The molecular weight excluding hydrogens is 176 g/mol. The molecular formula is C11H15N2O+. The lowest BCUT2D eigenvalue weighted by Gasteiger charge is -2.22. The van der Waals surface area contributed by atoms with Gasteiger partial charge in [-0.3, -0.25) is 5.21 Å². The van der Waals surface area contributed by atoms with Gasteiger partial charge in [-0.2, -0.15) is 5.26 Å². The zero-order valence-corrected chi connectivity index (χ0v) is 8.40. The van der Waals surface area contributed by atoms with Gasteiger partial charge in [0.15, 0.2) is 0 Å². The van der Waals surface area contributed by atoms with Gasteiger partial charge in [0.05, 0.1) is 6.07 Å².